The summed E-state index contributed by atoms with van der Waals surface area (Å²) >= 11 is 0. The van der Waals surface area contributed by atoms with Crippen LogP contribution < -0.4 is 0 Å². The van der Waals surface area contributed by atoms with Crippen molar-refractivity contribution in [3.05, 3.63) is 0 Å². The summed E-state index contributed by atoms with van der Waals surface area (Å²) in [5, 5.41) is 10.7. The molecule has 4 atom stereocenters. The van der Waals surface area contributed by atoms with Crippen LogP contribution in [0.4, 0.5) is 0 Å². The Balaban J connectivity index is 2.55. The zero-order chi connectivity index (χ0) is 26.2. The number of hydrogen-bond acceptors (Lipinski definition) is 3. The fourth-order valence-electron chi connectivity index (χ4n) is 4.45. The van der Waals surface area contributed by atoms with E-state index in [2.05, 4.69) is 58.6 Å². The fourth-order valence-corrected chi connectivity index (χ4v) is 5.83. The standard InChI is InChI=1S/C31H56O3Si/c1-8-10-12-14-15-16-17-18-20-22-24-30(34-35(6,7)31(3,4)5)29-26-25-28(33-29)27(32)23-21-19-13-11-9-2/h2,27-30,32H,8,10-20,22,24-26H2,1,3-7H3/t27-,28-,29-,30-/m1/s1. The average Bonchev–Trinajstić information content (AvgIpc) is 3.29. The van der Waals surface area contributed by atoms with E-state index < -0.39 is 14.4 Å². The van der Waals surface area contributed by atoms with Gasteiger partial charge in [-0.25, -0.2) is 0 Å². The molecule has 0 amide bonds. The Morgan fingerprint density at radius 2 is 1.49 bits per heavy atom. The van der Waals surface area contributed by atoms with E-state index in [0.717, 1.165) is 38.5 Å². The van der Waals surface area contributed by atoms with Gasteiger partial charge in [-0.2, -0.15) is 0 Å². The molecule has 1 aliphatic heterocycles. The van der Waals surface area contributed by atoms with Crippen LogP contribution in [0.3, 0.4) is 0 Å². The molecule has 1 heterocycles. The van der Waals surface area contributed by atoms with Gasteiger partial charge >= 0.3 is 0 Å². The quantitative estimate of drug-likeness (QED) is 0.123. The molecule has 35 heavy (non-hydrogen) atoms. The lowest BCUT2D eigenvalue weighted by Gasteiger charge is -2.41. The van der Waals surface area contributed by atoms with Gasteiger partial charge in [-0.1, -0.05) is 97.8 Å². The van der Waals surface area contributed by atoms with E-state index in [1.807, 2.05) is 0 Å². The average molecular weight is 505 g/mol. The predicted octanol–water partition coefficient (Wildman–Crippen LogP) is 8.40. The van der Waals surface area contributed by atoms with Gasteiger partial charge in [0.15, 0.2) is 8.32 Å². The van der Waals surface area contributed by atoms with Crippen molar-refractivity contribution in [3.8, 4) is 24.2 Å². The topological polar surface area (TPSA) is 38.7 Å². The minimum Gasteiger partial charge on any atom is -0.411 e. The lowest BCUT2D eigenvalue weighted by atomic mass is 10.0. The van der Waals surface area contributed by atoms with Crippen LogP contribution in [0.1, 0.15) is 130 Å². The maximum atomic E-state index is 10.6. The summed E-state index contributed by atoms with van der Waals surface area (Å²) in [5.41, 5.74) is 0. The Hall–Kier alpha value is -0.783. The predicted molar refractivity (Wildman–Crippen MR) is 153 cm³/mol. The molecule has 1 fully saturated rings. The minimum absolute atomic E-state index is 0.0607. The Morgan fingerprint density at radius 1 is 0.914 bits per heavy atom. The first kappa shape index (κ1) is 32.2. The number of aliphatic hydroxyl groups excluding tert-OH is 1. The zero-order valence-electron chi connectivity index (χ0n) is 24.0. The molecule has 1 aliphatic rings. The van der Waals surface area contributed by atoms with Crippen molar-refractivity contribution in [2.24, 2.45) is 0 Å². The maximum absolute atomic E-state index is 10.6. The highest BCUT2D eigenvalue weighted by Gasteiger charge is 2.43. The van der Waals surface area contributed by atoms with E-state index in [1.54, 1.807) is 0 Å². The molecule has 0 spiro atoms. The number of unbranched alkanes of at least 4 members (excludes halogenated alkanes) is 11. The monoisotopic (exact) mass is 504 g/mol. The zero-order valence-corrected chi connectivity index (χ0v) is 25.0. The number of ether oxygens (including phenoxy) is 1. The van der Waals surface area contributed by atoms with Crippen molar-refractivity contribution in [2.45, 2.75) is 173 Å². The highest BCUT2D eigenvalue weighted by molar-refractivity contribution is 6.74. The third kappa shape index (κ3) is 13.4. The minimum atomic E-state index is -1.90. The second-order valence-electron chi connectivity index (χ2n) is 12.0. The number of rotatable bonds is 17. The Morgan fingerprint density at radius 3 is 2.06 bits per heavy atom. The van der Waals surface area contributed by atoms with Crippen LogP contribution in [0, 0.1) is 24.2 Å². The molecule has 0 aromatic heterocycles. The van der Waals surface area contributed by atoms with E-state index in [1.165, 1.54) is 64.2 Å². The van der Waals surface area contributed by atoms with Crippen molar-refractivity contribution in [2.75, 3.05) is 0 Å². The van der Waals surface area contributed by atoms with Gasteiger partial charge in [0.2, 0.25) is 0 Å². The maximum Gasteiger partial charge on any atom is 0.192 e. The van der Waals surface area contributed by atoms with Crippen molar-refractivity contribution in [1.82, 2.24) is 0 Å². The van der Waals surface area contributed by atoms with Crippen molar-refractivity contribution in [1.29, 1.82) is 0 Å². The van der Waals surface area contributed by atoms with Gasteiger partial charge in [0.1, 0.15) is 6.10 Å². The van der Waals surface area contributed by atoms with Gasteiger partial charge < -0.3 is 14.3 Å². The second kappa shape index (κ2) is 17.6. The smallest absolute Gasteiger partial charge is 0.192 e. The van der Waals surface area contributed by atoms with Crippen molar-refractivity contribution < 1.29 is 14.3 Å². The molecule has 1 saturated heterocycles. The molecule has 0 saturated carbocycles. The molecule has 4 heteroatoms. The van der Waals surface area contributed by atoms with Gasteiger partial charge in [0, 0.05) is 12.8 Å². The third-order valence-corrected chi connectivity index (χ3v) is 12.3. The lowest BCUT2D eigenvalue weighted by molar-refractivity contribution is -0.0600. The van der Waals surface area contributed by atoms with Gasteiger partial charge in [-0.05, 0) is 43.8 Å². The summed E-state index contributed by atoms with van der Waals surface area (Å²) in [6, 6.07) is 0. The first-order chi connectivity index (χ1) is 16.6. The summed E-state index contributed by atoms with van der Waals surface area (Å²) in [4.78, 5) is 0. The lowest BCUT2D eigenvalue weighted by Crippen LogP contribution is -2.47. The number of terminal acetylenes is 1. The fraction of sp³-hybridized carbons (Fsp3) is 0.871. The van der Waals surface area contributed by atoms with E-state index in [-0.39, 0.29) is 23.4 Å². The first-order valence-electron chi connectivity index (χ1n) is 14.6. The van der Waals surface area contributed by atoms with Gasteiger partial charge in [0.25, 0.3) is 0 Å². The Kier molecular flexibility index (Phi) is 16.2. The van der Waals surface area contributed by atoms with Crippen LogP contribution in [-0.4, -0.2) is 37.8 Å². The molecular formula is C31H56O3Si. The molecule has 0 aromatic carbocycles. The number of aliphatic hydroxyl groups is 1. The van der Waals surface area contributed by atoms with E-state index in [9.17, 15) is 5.11 Å². The molecular weight excluding hydrogens is 448 g/mol. The summed E-state index contributed by atoms with van der Waals surface area (Å²) in [6.07, 6.45) is 23.1. The van der Waals surface area contributed by atoms with Crippen LogP contribution in [0.15, 0.2) is 0 Å². The van der Waals surface area contributed by atoms with E-state index in [0.29, 0.717) is 0 Å². The highest BCUT2D eigenvalue weighted by atomic mass is 28.4. The largest absolute Gasteiger partial charge is 0.411 e. The van der Waals surface area contributed by atoms with Crippen molar-refractivity contribution in [3.63, 3.8) is 0 Å². The van der Waals surface area contributed by atoms with E-state index in [4.69, 9.17) is 15.6 Å². The summed E-state index contributed by atoms with van der Waals surface area (Å²) < 4.78 is 13.3. The van der Waals surface area contributed by atoms with Crippen LogP contribution in [0.25, 0.3) is 0 Å². The van der Waals surface area contributed by atoms with Crippen LogP contribution in [0.2, 0.25) is 18.1 Å². The normalized spacial score (nSPS) is 20.2. The molecule has 1 N–H and O–H groups in total. The van der Waals surface area contributed by atoms with Gasteiger partial charge in [-0.15, -0.1) is 18.3 Å². The first-order valence-corrected chi connectivity index (χ1v) is 17.5. The highest BCUT2D eigenvalue weighted by Crippen LogP contribution is 2.40. The molecule has 0 bridgehead atoms. The Labute approximate surface area is 219 Å². The Bertz CT molecular complexity index is 649. The SMILES string of the molecule is C#CCCCC#C[C@@H](O)[C@H]1CC[C@H]([C@@H](CCCCCCCCCCCC)O[Si](C)(C)C(C)(C)C)O1. The van der Waals surface area contributed by atoms with Gasteiger partial charge in [0.05, 0.1) is 18.3 Å². The van der Waals surface area contributed by atoms with Crippen LogP contribution in [0.5, 0.6) is 0 Å². The second-order valence-corrected chi connectivity index (χ2v) is 16.8. The van der Waals surface area contributed by atoms with Crippen molar-refractivity contribution >= 4 is 8.32 Å². The molecule has 202 valence electrons. The molecule has 0 aliphatic carbocycles. The summed E-state index contributed by atoms with van der Waals surface area (Å²) in [6.45, 7) is 13.8. The molecule has 0 radical (unpaired) electrons. The van der Waals surface area contributed by atoms with Crippen LogP contribution in [-0.2, 0) is 9.16 Å². The van der Waals surface area contributed by atoms with Crippen LogP contribution >= 0.6 is 0 Å². The molecule has 0 aromatic rings. The van der Waals surface area contributed by atoms with E-state index >= 15 is 0 Å². The third-order valence-electron chi connectivity index (χ3n) is 7.82. The molecule has 1 rings (SSSR count). The summed E-state index contributed by atoms with van der Waals surface area (Å²) in [5.74, 6) is 8.69. The number of hydrogen-bond donors (Lipinski definition) is 1. The summed E-state index contributed by atoms with van der Waals surface area (Å²) in [7, 11) is -1.90. The molecule has 0 unspecified atom stereocenters. The molecule has 3 nitrogen and oxygen atoms in total. The van der Waals surface area contributed by atoms with Gasteiger partial charge in [-0.3, -0.25) is 0 Å².